The summed E-state index contributed by atoms with van der Waals surface area (Å²) in [6.45, 7) is 3.30. The van der Waals surface area contributed by atoms with Gasteiger partial charge in [0, 0.05) is 61.8 Å². The third-order valence-corrected chi connectivity index (χ3v) is 4.72. The maximum absolute atomic E-state index is 9.65. The molecule has 1 fully saturated rings. The van der Waals surface area contributed by atoms with E-state index >= 15 is 0 Å². The minimum atomic E-state index is 0.286. The van der Waals surface area contributed by atoms with Gasteiger partial charge < -0.3 is 29.7 Å². The molecule has 2 N–H and O–H groups in total. The number of phenolic OH excluding ortho intramolecular Hbond substituents is 1. The number of methoxy groups -OCH3 is 2. The van der Waals surface area contributed by atoms with Crippen LogP contribution in [0.4, 0.5) is 11.4 Å². The second-order valence-corrected chi connectivity index (χ2v) is 6.41. The van der Waals surface area contributed by atoms with Crippen molar-refractivity contribution in [3.8, 4) is 17.2 Å². The fraction of sp³-hybridized carbons (Fsp3) is 0.316. The molecule has 138 valence electrons. The largest absolute Gasteiger partial charge is 0.508 e. The summed E-state index contributed by atoms with van der Waals surface area (Å²) in [6.07, 6.45) is 0. The fourth-order valence-electron chi connectivity index (χ4n) is 2.94. The van der Waals surface area contributed by atoms with E-state index in [0.29, 0.717) is 16.6 Å². The van der Waals surface area contributed by atoms with E-state index in [0.717, 1.165) is 37.6 Å². The lowest BCUT2D eigenvalue weighted by Gasteiger charge is -2.37. The molecule has 0 spiro atoms. The van der Waals surface area contributed by atoms with Crippen molar-refractivity contribution in [2.45, 2.75) is 0 Å². The number of aromatic hydroxyl groups is 1. The third kappa shape index (κ3) is 4.29. The zero-order valence-corrected chi connectivity index (χ0v) is 15.8. The molecule has 1 saturated heterocycles. The molecule has 0 radical (unpaired) electrons. The van der Waals surface area contributed by atoms with Crippen LogP contribution in [-0.2, 0) is 0 Å². The number of phenols is 1. The minimum absolute atomic E-state index is 0.286. The van der Waals surface area contributed by atoms with Gasteiger partial charge in [0.25, 0.3) is 0 Å². The van der Waals surface area contributed by atoms with E-state index in [1.54, 1.807) is 26.4 Å². The van der Waals surface area contributed by atoms with Crippen molar-refractivity contribution in [3.63, 3.8) is 0 Å². The number of piperazine rings is 1. The van der Waals surface area contributed by atoms with Crippen LogP contribution < -0.4 is 19.7 Å². The predicted octanol–water partition coefficient (Wildman–Crippen LogP) is 2.93. The number of nitrogens with zero attached hydrogens (tertiary/aromatic N) is 2. The molecule has 0 atom stereocenters. The number of benzene rings is 2. The maximum atomic E-state index is 9.65. The molecule has 1 heterocycles. The minimum Gasteiger partial charge on any atom is -0.508 e. The van der Waals surface area contributed by atoms with Crippen LogP contribution in [0.25, 0.3) is 0 Å². The van der Waals surface area contributed by atoms with Crippen molar-refractivity contribution >= 4 is 28.7 Å². The Kier molecular flexibility index (Phi) is 5.68. The Morgan fingerprint density at radius 1 is 1.00 bits per heavy atom. The van der Waals surface area contributed by atoms with Crippen molar-refractivity contribution in [1.29, 1.82) is 0 Å². The van der Waals surface area contributed by atoms with Crippen LogP contribution in [0.5, 0.6) is 17.2 Å². The molecule has 26 heavy (non-hydrogen) atoms. The van der Waals surface area contributed by atoms with E-state index in [1.807, 2.05) is 30.3 Å². The van der Waals surface area contributed by atoms with E-state index in [-0.39, 0.29) is 5.75 Å². The van der Waals surface area contributed by atoms with Gasteiger partial charge in [-0.3, -0.25) is 0 Å². The Labute approximate surface area is 158 Å². The standard InChI is InChI=1S/C19H23N3O3S/c1-24-17-10-14(11-18(13-17)25-2)20-19(26)22-8-6-21(7-9-22)15-4-3-5-16(23)12-15/h3-5,10-13,23H,6-9H2,1-2H3,(H,20,26). The van der Waals surface area contributed by atoms with Gasteiger partial charge in [0.1, 0.15) is 17.2 Å². The first-order valence-corrected chi connectivity index (χ1v) is 8.83. The van der Waals surface area contributed by atoms with Gasteiger partial charge >= 0.3 is 0 Å². The van der Waals surface area contributed by atoms with Gasteiger partial charge in [-0.05, 0) is 24.4 Å². The highest BCUT2D eigenvalue weighted by Gasteiger charge is 2.19. The molecule has 0 unspecified atom stereocenters. The molecule has 0 bridgehead atoms. The number of ether oxygens (including phenoxy) is 2. The highest BCUT2D eigenvalue weighted by atomic mass is 32.1. The zero-order chi connectivity index (χ0) is 18.5. The van der Waals surface area contributed by atoms with Crippen LogP contribution >= 0.6 is 12.2 Å². The van der Waals surface area contributed by atoms with E-state index in [9.17, 15) is 5.11 Å². The van der Waals surface area contributed by atoms with Gasteiger partial charge in [-0.15, -0.1) is 0 Å². The summed E-state index contributed by atoms with van der Waals surface area (Å²) in [5, 5.41) is 13.6. The number of nitrogens with one attached hydrogen (secondary N) is 1. The van der Waals surface area contributed by atoms with Crippen molar-refractivity contribution in [2.24, 2.45) is 0 Å². The molecule has 1 aliphatic rings. The fourth-order valence-corrected chi connectivity index (χ4v) is 3.24. The summed E-state index contributed by atoms with van der Waals surface area (Å²) >= 11 is 5.57. The molecule has 0 aromatic heterocycles. The molecule has 0 saturated carbocycles. The molecule has 0 amide bonds. The average Bonchev–Trinajstić information content (AvgIpc) is 2.67. The van der Waals surface area contributed by atoms with Crippen LogP contribution in [-0.4, -0.2) is 55.5 Å². The van der Waals surface area contributed by atoms with Gasteiger partial charge in [0.05, 0.1) is 14.2 Å². The summed E-state index contributed by atoms with van der Waals surface area (Å²) < 4.78 is 10.6. The number of anilines is 2. The molecular weight excluding hydrogens is 350 g/mol. The Morgan fingerprint density at radius 2 is 1.65 bits per heavy atom. The first kappa shape index (κ1) is 18.1. The van der Waals surface area contributed by atoms with Crippen LogP contribution in [0.2, 0.25) is 0 Å². The van der Waals surface area contributed by atoms with Crippen LogP contribution in [0.1, 0.15) is 0 Å². The molecule has 3 rings (SSSR count). The van der Waals surface area contributed by atoms with Crippen LogP contribution in [0.3, 0.4) is 0 Å². The van der Waals surface area contributed by atoms with E-state index < -0.39 is 0 Å². The number of hydrogen-bond acceptors (Lipinski definition) is 5. The van der Waals surface area contributed by atoms with Crippen LogP contribution in [0, 0.1) is 0 Å². The summed E-state index contributed by atoms with van der Waals surface area (Å²) in [5.41, 5.74) is 1.86. The molecule has 2 aromatic carbocycles. The van der Waals surface area contributed by atoms with Gasteiger partial charge in [-0.25, -0.2) is 0 Å². The Balaban J connectivity index is 1.60. The quantitative estimate of drug-likeness (QED) is 0.799. The van der Waals surface area contributed by atoms with Crippen LogP contribution in [0.15, 0.2) is 42.5 Å². The Hall–Kier alpha value is -2.67. The lowest BCUT2D eigenvalue weighted by atomic mass is 10.2. The smallest absolute Gasteiger partial charge is 0.173 e. The monoisotopic (exact) mass is 373 g/mol. The molecule has 1 aliphatic heterocycles. The second kappa shape index (κ2) is 8.14. The van der Waals surface area contributed by atoms with Gasteiger partial charge in [0.2, 0.25) is 0 Å². The molecular formula is C19H23N3O3S. The van der Waals surface area contributed by atoms with Gasteiger partial charge in [-0.1, -0.05) is 6.07 Å². The lowest BCUT2D eigenvalue weighted by Crippen LogP contribution is -2.50. The van der Waals surface area contributed by atoms with E-state index in [4.69, 9.17) is 21.7 Å². The van der Waals surface area contributed by atoms with Crippen molar-refractivity contribution in [1.82, 2.24) is 4.90 Å². The van der Waals surface area contributed by atoms with Crippen molar-refractivity contribution < 1.29 is 14.6 Å². The van der Waals surface area contributed by atoms with Crippen molar-refractivity contribution in [2.75, 3.05) is 50.6 Å². The Bertz CT molecular complexity index is 754. The van der Waals surface area contributed by atoms with Crippen molar-refractivity contribution in [3.05, 3.63) is 42.5 Å². The zero-order valence-electron chi connectivity index (χ0n) is 14.9. The molecule has 6 nitrogen and oxygen atoms in total. The number of hydrogen-bond donors (Lipinski definition) is 2. The van der Waals surface area contributed by atoms with E-state index in [1.165, 1.54) is 0 Å². The van der Waals surface area contributed by atoms with E-state index in [2.05, 4.69) is 15.1 Å². The SMILES string of the molecule is COc1cc(NC(=S)N2CCN(c3cccc(O)c3)CC2)cc(OC)c1. The average molecular weight is 373 g/mol. The first-order chi connectivity index (χ1) is 12.6. The molecule has 0 aliphatic carbocycles. The predicted molar refractivity (Wildman–Crippen MR) is 108 cm³/mol. The summed E-state index contributed by atoms with van der Waals surface area (Å²) in [7, 11) is 3.24. The maximum Gasteiger partial charge on any atom is 0.173 e. The molecule has 7 heteroatoms. The highest BCUT2D eigenvalue weighted by molar-refractivity contribution is 7.80. The first-order valence-electron chi connectivity index (χ1n) is 8.42. The molecule has 2 aromatic rings. The van der Waals surface area contributed by atoms with Gasteiger partial charge in [-0.2, -0.15) is 0 Å². The summed E-state index contributed by atoms with van der Waals surface area (Å²) in [6, 6.07) is 12.9. The normalized spacial score (nSPS) is 14.1. The second-order valence-electron chi connectivity index (χ2n) is 6.03. The lowest BCUT2D eigenvalue weighted by molar-refractivity contribution is 0.389. The highest BCUT2D eigenvalue weighted by Crippen LogP contribution is 2.26. The third-order valence-electron chi connectivity index (χ3n) is 4.36. The topological polar surface area (TPSA) is 57.2 Å². The van der Waals surface area contributed by atoms with Gasteiger partial charge in [0.15, 0.2) is 5.11 Å². The number of thiocarbonyl (C=S) groups is 1. The Morgan fingerprint density at radius 3 is 2.23 bits per heavy atom. The summed E-state index contributed by atoms with van der Waals surface area (Å²) in [4.78, 5) is 4.38. The number of rotatable bonds is 4. The summed E-state index contributed by atoms with van der Waals surface area (Å²) in [5.74, 6) is 1.71.